The van der Waals surface area contributed by atoms with Gasteiger partial charge in [-0.3, -0.25) is 19.8 Å². The predicted molar refractivity (Wildman–Crippen MR) is 84.5 cm³/mol. The fourth-order valence-corrected chi connectivity index (χ4v) is 2.98. The highest BCUT2D eigenvalue weighted by Gasteiger charge is 2.27. The van der Waals surface area contributed by atoms with Crippen LogP contribution in [0.2, 0.25) is 0 Å². The Kier molecular flexibility index (Phi) is 5.49. The number of benzene rings is 1. The van der Waals surface area contributed by atoms with Crippen molar-refractivity contribution in [2.24, 2.45) is 5.92 Å². The Morgan fingerprint density at radius 3 is 2.73 bits per heavy atom. The summed E-state index contributed by atoms with van der Waals surface area (Å²) in [4.78, 5) is 24.7. The Hall–Kier alpha value is -1.95. The normalized spacial score (nSPS) is 17.9. The van der Waals surface area contributed by atoms with Gasteiger partial charge in [0.05, 0.1) is 4.92 Å². The molecule has 0 aliphatic carbocycles. The van der Waals surface area contributed by atoms with Crippen molar-refractivity contribution in [2.75, 3.05) is 19.6 Å². The van der Waals surface area contributed by atoms with Gasteiger partial charge in [0.15, 0.2) is 0 Å². The molecule has 120 valence electrons. The zero-order chi connectivity index (χ0) is 16.1. The SMILES string of the molecule is CCNC(=O)C1CCN(C(C)c2cccc([N+](=O)[O-])c2)CC1. The monoisotopic (exact) mass is 305 g/mol. The molecule has 1 fully saturated rings. The van der Waals surface area contributed by atoms with Gasteiger partial charge >= 0.3 is 0 Å². The third-order valence-corrected chi connectivity index (χ3v) is 4.36. The smallest absolute Gasteiger partial charge is 0.269 e. The molecule has 1 aromatic rings. The van der Waals surface area contributed by atoms with Crippen LogP contribution in [0.4, 0.5) is 5.69 Å². The maximum absolute atomic E-state index is 11.9. The number of nitrogens with zero attached hydrogens (tertiary/aromatic N) is 2. The number of piperidine rings is 1. The number of nitro groups is 1. The summed E-state index contributed by atoms with van der Waals surface area (Å²) in [6.07, 6.45) is 1.68. The van der Waals surface area contributed by atoms with Crippen molar-refractivity contribution < 1.29 is 9.72 Å². The topological polar surface area (TPSA) is 75.5 Å². The van der Waals surface area contributed by atoms with Crippen molar-refractivity contribution in [1.82, 2.24) is 10.2 Å². The van der Waals surface area contributed by atoms with Crippen molar-refractivity contribution in [3.8, 4) is 0 Å². The Morgan fingerprint density at radius 2 is 2.14 bits per heavy atom. The van der Waals surface area contributed by atoms with Crippen LogP contribution in [0.1, 0.15) is 38.3 Å². The van der Waals surface area contributed by atoms with Crippen LogP contribution in [-0.2, 0) is 4.79 Å². The number of amides is 1. The van der Waals surface area contributed by atoms with Gasteiger partial charge in [-0.05, 0) is 45.3 Å². The summed E-state index contributed by atoms with van der Waals surface area (Å²) in [7, 11) is 0. The van der Waals surface area contributed by atoms with Crippen LogP contribution in [0.15, 0.2) is 24.3 Å². The molecule has 1 aliphatic heterocycles. The van der Waals surface area contributed by atoms with Crippen LogP contribution in [-0.4, -0.2) is 35.4 Å². The molecule has 6 heteroatoms. The van der Waals surface area contributed by atoms with E-state index in [1.54, 1.807) is 12.1 Å². The number of non-ortho nitro benzene ring substituents is 1. The highest BCUT2D eigenvalue weighted by atomic mass is 16.6. The number of likely N-dealkylation sites (tertiary alicyclic amines) is 1. The summed E-state index contributed by atoms with van der Waals surface area (Å²) in [6.45, 7) is 6.34. The molecule has 1 aromatic carbocycles. The van der Waals surface area contributed by atoms with Crippen molar-refractivity contribution >= 4 is 11.6 Å². The van der Waals surface area contributed by atoms with Gasteiger partial charge < -0.3 is 5.32 Å². The minimum Gasteiger partial charge on any atom is -0.356 e. The number of rotatable bonds is 5. The molecule has 0 spiro atoms. The first-order chi connectivity index (χ1) is 10.5. The third-order valence-electron chi connectivity index (χ3n) is 4.36. The summed E-state index contributed by atoms with van der Waals surface area (Å²) in [6, 6.07) is 6.92. The van der Waals surface area contributed by atoms with Gasteiger partial charge in [-0.25, -0.2) is 0 Å². The molecule has 1 amide bonds. The first-order valence-electron chi connectivity index (χ1n) is 7.79. The number of carbonyl (C=O) groups excluding carboxylic acids is 1. The summed E-state index contributed by atoms with van der Waals surface area (Å²) in [5.74, 6) is 0.235. The fraction of sp³-hybridized carbons (Fsp3) is 0.562. The van der Waals surface area contributed by atoms with Gasteiger partial charge in [0.2, 0.25) is 5.91 Å². The number of nitro benzene ring substituents is 1. The van der Waals surface area contributed by atoms with E-state index in [0.717, 1.165) is 31.5 Å². The van der Waals surface area contributed by atoms with Crippen LogP contribution < -0.4 is 5.32 Å². The number of carbonyl (C=O) groups is 1. The maximum Gasteiger partial charge on any atom is 0.269 e. The average Bonchev–Trinajstić information content (AvgIpc) is 2.54. The van der Waals surface area contributed by atoms with Gasteiger partial charge in [0, 0.05) is 30.6 Å². The molecule has 0 bridgehead atoms. The predicted octanol–water partition coefficient (Wildman–Crippen LogP) is 2.50. The number of nitrogens with one attached hydrogen (secondary N) is 1. The van der Waals surface area contributed by atoms with Gasteiger partial charge in [-0.2, -0.15) is 0 Å². The minimum absolute atomic E-state index is 0.0912. The van der Waals surface area contributed by atoms with Crippen LogP contribution in [0, 0.1) is 16.0 Å². The first-order valence-corrected chi connectivity index (χ1v) is 7.79. The highest BCUT2D eigenvalue weighted by molar-refractivity contribution is 5.78. The number of hydrogen-bond donors (Lipinski definition) is 1. The van der Waals surface area contributed by atoms with Gasteiger partial charge in [-0.15, -0.1) is 0 Å². The van der Waals surface area contributed by atoms with Crippen molar-refractivity contribution in [1.29, 1.82) is 0 Å². The summed E-state index contributed by atoms with van der Waals surface area (Å²) in [5, 5.41) is 13.8. The van der Waals surface area contributed by atoms with E-state index in [-0.39, 0.29) is 28.5 Å². The van der Waals surface area contributed by atoms with Gasteiger partial charge in [0.1, 0.15) is 0 Å². The van der Waals surface area contributed by atoms with Crippen LogP contribution >= 0.6 is 0 Å². The molecule has 0 aromatic heterocycles. The fourth-order valence-electron chi connectivity index (χ4n) is 2.98. The number of hydrogen-bond acceptors (Lipinski definition) is 4. The Labute approximate surface area is 130 Å². The molecule has 1 atom stereocenters. The lowest BCUT2D eigenvalue weighted by molar-refractivity contribution is -0.385. The lowest BCUT2D eigenvalue weighted by Gasteiger charge is -2.35. The van der Waals surface area contributed by atoms with Crippen LogP contribution in [0.3, 0.4) is 0 Å². The second-order valence-corrected chi connectivity index (χ2v) is 5.73. The molecule has 1 unspecified atom stereocenters. The van der Waals surface area contributed by atoms with E-state index >= 15 is 0 Å². The molecule has 1 saturated heterocycles. The van der Waals surface area contributed by atoms with E-state index in [2.05, 4.69) is 17.1 Å². The van der Waals surface area contributed by atoms with E-state index in [1.807, 2.05) is 13.0 Å². The lowest BCUT2D eigenvalue weighted by Crippen LogP contribution is -2.41. The zero-order valence-electron chi connectivity index (χ0n) is 13.1. The molecule has 1 aliphatic rings. The molecule has 1 N–H and O–H groups in total. The second-order valence-electron chi connectivity index (χ2n) is 5.73. The molecule has 0 saturated carbocycles. The van der Waals surface area contributed by atoms with Gasteiger partial charge in [-0.1, -0.05) is 12.1 Å². The first kappa shape index (κ1) is 16.4. The molecule has 0 radical (unpaired) electrons. The Balaban J connectivity index is 1.97. The standard InChI is InChI=1S/C16H23N3O3/c1-3-17-16(20)13-7-9-18(10-8-13)12(2)14-5-4-6-15(11-14)19(21)22/h4-6,11-13H,3,7-10H2,1-2H3,(H,17,20). The Morgan fingerprint density at radius 1 is 1.45 bits per heavy atom. The van der Waals surface area contributed by atoms with Gasteiger partial charge in [0.25, 0.3) is 5.69 Å². The maximum atomic E-state index is 11.9. The molecule has 1 heterocycles. The van der Waals surface area contributed by atoms with E-state index in [1.165, 1.54) is 6.07 Å². The van der Waals surface area contributed by atoms with E-state index < -0.39 is 0 Å². The lowest BCUT2D eigenvalue weighted by atomic mass is 9.94. The largest absolute Gasteiger partial charge is 0.356 e. The van der Waals surface area contributed by atoms with Crippen molar-refractivity contribution in [3.05, 3.63) is 39.9 Å². The van der Waals surface area contributed by atoms with Crippen molar-refractivity contribution in [3.63, 3.8) is 0 Å². The minimum atomic E-state index is -0.364. The molecule has 22 heavy (non-hydrogen) atoms. The quantitative estimate of drug-likeness (QED) is 0.670. The molecular formula is C16H23N3O3. The Bertz CT molecular complexity index is 539. The average molecular weight is 305 g/mol. The van der Waals surface area contributed by atoms with E-state index in [9.17, 15) is 14.9 Å². The van der Waals surface area contributed by atoms with E-state index in [0.29, 0.717) is 6.54 Å². The van der Waals surface area contributed by atoms with Crippen LogP contribution in [0.25, 0.3) is 0 Å². The zero-order valence-corrected chi connectivity index (χ0v) is 13.1. The third kappa shape index (κ3) is 3.82. The summed E-state index contributed by atoms with van der Waals surface area (Å²) in [5.41, 5.74) is 1.08. The van der Waals surface area contributed by atoms with Crippen molar-refractivity contribution in [2.45, 2.75) is 32.7 Å². The van der Waals surface area contributed by atoms with Crippen LogP contribution in [0.5, 0.6) is 0 Å². The molecule has 2 rings (SSSR count). The highest BCUT2D eigenvalue weighted by Crippen LogP contribution is 2.28. The summed E-state index contributed by atoms with van der Waals surface area (Å²) < 4.78 is 0. The molecule has 6 nitrogen and oxygen atoms in total. The molecular weight excluding hydrogens is 282 g/mol. The second kappa shape index (κ2) is 7.35. The summed E-state index contributed by atoms with van der Waals surface area (Å²) >= 11 is 0. The van der Waals surface area contributed by atoms with E-state index in [4.69, 9.17) is 0 Å².